The van der Waals surface area contributed by atoms with E-state index in [1.807, 2.05) is 18.3 Å². The first-order chi connectivity index (χ1) is 15.7. The third-order valence-corrected chi connectivity index (χ3v) is 6.68. The molecule has 2 N–H and O–H groups in total. The smallest absolute Gasteiger partial charge is 0.0737 e. The molecule has 162 valence electrons. The average molecular weight is 442 g/mol. The summed E-state index contributed by atoms with van der Waals surface area (Å²) in [5.74, 6) is 0. The lowest BCUT2D eigenvalue weighted by Gasteiger charge is -2.30. The molecular formula is C28H28ClN3. The summed E-state index contributed by atoms with van der Waals surface area (Å²) in [6.07, 6.45) is 6.57. The quantitative estimate of drug-likeness (QED) is 0.336. The van der Waals surface area contributed by atoms with E-state index < -0.39 is 0 Å². The second-order valence-corrected chi connectivity index (χ2v) is 9.09. The number of hydrogen-bond donors (Lipinski definition) is 2. The highest BCUT2D eigenvalue weighted by Crippen LogP contribution is 2.28. The van der Waals surface area contributed by atoms with Crippen LogP contribution in [0, 0.1) is 0 Å². The Kier molecular flexibility index (Phi) is 6.38. The summed E-state index contributed by atoms with van der Waals surface area (Å²) in [7, 11) is 0. The molecule has 3 nitrogen and oxygen atoms in total. The zero-order valence-corrected chi connectivity index (χ0v) is 18.9. The van der Waals surface area contributed by atoms with Gasteiger partial charge in [-0.1, -0.05) is 66.2 Å². The van der Waals surface area contributed by atoms with E-state index in [1.165, 1.54) is 42.4 Å². The second kappa shape index (κ2) is 9.72. The molecule has 1 aromatic heterocycles. The second-order valence-electron chi connectivity index (χ2n) is 8.66. The van der Waals surface area contributed by atoms with Crippen LogP contribution in [0.3, 0.4) is 0 Å². The maximum atomic E-state index is 6.12. The van der Waals surface area contributed by atoms with Crippen LogP contribution in [-0.4, -0.2) is 17.1 Å². The summed E-state index contributed by atoms with van der Waals surface area (Å²) < 4.78 is 0. The molecule has 0 saturated heterocycles. The Labute approximate surface area is 194 Å². The Hall–Kier alpha value is -2.88. The van der Waals surface area contributed by atoms with Gasteiger partial charge in [0.05, 0.1) is 5.52 Å². The van der Waals surface area contributed by atoms with Crippen molar-refractivity contribution in [1.29, 1.82) is 0 Å². The molecule has 0 bridgehead atoms. The molecule has 0 radical (unpaired) electrons. The van der Waals surface area contributed by atoms with Crippen molar-refractivity contribution in [2.45, 2.75) is 44.3 Å². The van der Waals surface area contributed by atoms with Crippen molar-refractivity contribution < 1.29 is 0 Å². The summed E-state index contributed by atoms with van der Waals surface area (Å²) in [5.41, 5.74) is 5.97. The van der Waals surface area contributed by atoms with Crippen molar-refractivity contribution in [3.63, 3.8) is 0 Å². The minimum Gasteiger partial charge on any atom is -0.382 e. The lowest BCUT2D eigenvalue weighted by molar-refractivity contribution is 0.353. The molecule has 1 aliphatic carbocycles. The number of aromatic nitrogens is 1. The third-order valence-electron chi connectivity index (χ3n) is 6.45. The summed E-state index contributed by atoms with van der Waals surface area (Å²) in [4.78, 5) is 4.45. The maximum Gasteiger partial charge on any atom is 0.0737 e. The number of halogens is 1. The zero-order chi connectivity index (χ0) is 21.8. The molecule has 4 aromatic rings. The van der Waals surface area contributed by atoms with E-state index in [0.717, 1.165) is 28.2 Å². The minimum absolute atomic E-state index is 0.500. The summed E-state index contributed by atoms with van der Waals surface area (Å²) >= 11 is 6.12. The van der Waals surface area contributed by atoms with Gasteiger partial charge >= 0.3 is 0 Å². The lowest BCUT2D eigenvalue weighted by Crippen LogP contribution is -2.36. The first-order valence-electron chi connectivity index (χ1n) is 11.4. The van der Waals surface area contributed by atoms with Gasteiger partial charge in [-0.3, -0.25) is 4.98 Å². The molecule has 1 heterocycles. The van der Waals surface area contributed by atoms with Crippen molar-refractivity contribution in [3.8, 4) is 11.1 Å². The summed E-state index contributed by atoms with van der Waals surface area (Å²) in [5, 5.41) is 9.37. The van der Waals surface area contributed by atoms with Crippen molar-refractivity contribution >= 4 is 28.2 Å². The Balaban J connectivity index is 1.12. The number of pyridine rings is 1. The van der Waals surface area contributed by atoms with Crippen LogP contribution in [0.4, 0.5) is 5.69 Å². The van der Waals surface area contributed by atoms with Crippen LogP contribution in [0.15, 0.2) is 85.1 Å². The highest BCUT2D eigenvalue weighted by molar-refractivity contribution is 6.31. The molecule has 32 heavy (non-hydrogen) atoms. The average Bonchev–Trinajstić information content (AvgIpc) is 2.84. The van der Waals surface area contributed by atoms with Gasteiger partial charge in [0.25, 0.3) is 0 Å². The van der Waals surface area contributed by atoms with Gasteiger partial charge in [-0.2, -0.15) is 0 Å². The number of nitrogens with zero attached hydrogens (tertiary/aromatic N) is 1. The van der Waals surface area contributed by atoms with E-state index in [2.05, 4.69) is 82.3 Å². The Morgan fingerprint density at radius 3 is 2.28 bits per heavy atom. The minimum atomic E-state index is 0.500. The molecule has 3 aromatic carbocycles. The Morgan fingerprint density at radius 2 is 1.50 bits per heavy atom. The molecule has 0 aliphatic heterocycles. The van der Waals surface area contributed by atoms with Crippen LogP contribution in [-0.2, 0) is 6.54 Å². The first-order valence-corrected chi connectivity index (χ1v) is 11.8. The van der Waals surface area contributed by atoms with Crippen molar-refractivity contribution in [2.75, 3.05) is 5.32 Å². The van der Waals surface area contributed by atoms with Crippen molar-refractivity contribution in [1.82, 2.24) is 10.3 Å². The fourth-order valence-corrected chi connectivity index (χ4v) is 4.78. The van der Waals surface area contributed by atoms with Crippen LogP contribution in [0.25, 0.3) is 22.0 Å². The monoisotopic (exact) mass is 441 g/mol. The van der Waals surface area contributed by atoms with Gasteiger partial charge in [-0.15, -0.1) is 0 Å². The predicted octanol–water partition coefficient (Wildman–Crippen LogP) is 7.07. The van der Waals surface area contributed by atoms with Crippen LogP contribution in [0.5, 0.6) is 0 Å². The SMILES string of the molecule is Clc1ccc2c(N[C@H]3CC[C@@H](NCc4ccc(-c5ccccc5)cc4)CC3)ccnc2c1. The molecule has 0 amide bonds. The molecular weight excluding hydrogens is 414 g/mol. The summed E-state index contributed by atoms with van der Waals surface area (Å²) in [6.45, 7) is 0.924. The number of nitrogens with one attached hydrogen (secondary N) is 2. The van der Waals surface area contributed by atoms with E-state index in [0.29, 0.717) is 12.1 Å². The number of hydrogen-bond acceptors (Lipinski definition) is 3. The molecule has 1 saturated carbocycles. The van der Waals surface area contributed by atoms with E-state index >= 15 is 0 Å². The van der Waals surface area contributed by atoms with Crippen LogP contribution >= 0.6 is 11.6 Å². The Morgan fingerprint density at radius 1 is 0.781 bits per heavy atom. The molecule has 1 aliphatic rings. The summed E-state index contributed by atoms with van der Waals surface area (Å²) in [6, 6.07) is 28.5. The number of rotatable bonds is 6. The number of fused-ring (bicyclic) bond motifs is 1. The van der Waals surface area contributed by atoms with E-state index in [9.17, 15) is 0 Å². The maximum absolute atomic E-state index is 6.12. The highest BCUT2D eigenvalue weighted by atomic mass is 35.5. The van der Waals surface area contributed by atoms with Gasteiger partial charge in [-0.25, -0.2) is 0 Å². The number of benzene rings is 3. The topological polar surface area (TPSA) is 37.0 Å². The fraction of sp³-hybridized carbons (Fsp3) is 0.250. The standard InChI is InChI=1S/C28H28ClN3/c29-23-10-15-26-27(16-17-30-28(26)18-23)32-25-13-11-24(12-14-25)31-19-20-6-8-22(9-7-20)21-4-2-1-3-5-21/h1-10,15-18,24-25,31H,11-14,19H2,(H,30,32)/t24-,25+. The number of anilines is 1. The predicted molar refractivity (Wildman–Crippen MR) is 135 cm³/mol. The molecule has 0 unspecified atom stereocenters. The van der Waals surface area contributed by atoms with Crippen LogP contribution in [0.2, 0.25) is 5.02 Å². The van der Waals surface area contributed by atoms with Crippen LogP contribution in [0.1, 0.15) is 31.2 Å². The molecule has 1 fully saturated rings. The fourth-order valence-electron chi connectivity index (χ4n) is 4.62. The molecule has 5 rings (SSSR count). The van der Waals surface area contributed by atoms with E-state index in [-0.39, 0.29) is 0 Å². The third kappa shape index (κ3) is 4.95. The Bertz CT molecular complexity index is 1170. The van der Waals surface area contributed by atoms with E-state index in [1.54, 1.807) is 0 Å². The van der Waals surface area contributed by atoms with Gasteiger partial charge in [-0.05, 0) is 66.6 Å². The van der Waals surface area contributed by atoms with Crippen LogP contribution < -0.4 is 10.6 Å². The molecule has 4 heteroatoms. The van der Waals surface area contributed by atoms with Gasteiger partial charge in [0.2, 0.25) is 0 Å². The van der Waals surface area contributed by atoms with Crippen molar-refractivity contribution in [3.05, 3.63) is 95.6 Å². The van der Waals surface area contributed by atoms with Gasteiger partial charge in [0.1, 0.15) is 0 Å². The largest absolute Gasteiger partial charge is 0.382 e. The van der Waals surface area contributed by atoms with Crippen molar-refractivity contribution in [2.24, 2.45) is 0 Å². The van der Waals surface area contributed by atoms with Gasteiger partial charge in [0.15, 0.2) is 0 Å². The zero-order valence-electron chi connectivity index (χ0n) is 18.1. The van der Waals surface area contributed by atoms with Gasteiger partial charge in [0, 0.05) is 40.9 Å². The van der Waals surface area contributed by atoms with E-state index in [4.69, 9.17) is 11.6 Å². The molecule has 0 atom stereocenters. The normalized spacial score (nSPS) is 18.5. The van der Waals surface area contributed by atoms with Gasteiger partial charge < -0.3 is 10.6 Å². The highest BCUT2D eigenvalue weighted by Gasteiger charge is 2.21. The lowest BCUT2D eigenvalue weighted by atomic mass is 9.90. The molecule has 0 spiro atoms. The first kappa shape index (κ1) is 21.0.